The van der Waals surface area contributed by atoms with E-state index in [1.54, 1.807) is 23.1 Å². The summed E-state index contributed by atoms with van der Waals surface area (Å²) in [6.45, 7) is 2.01. The molecular formula is C20H21FN2O6S. The van der Waals surface area contributed by atoms with E-state index in [-0.39, 0.29) is 36.0 Å². The zero-order chi connectivity index (χ0) is 21.9. The maximum atomic E-state index is 14.2. The molecule has 1 heterocycles. The standard InChI is InChI=1S/C20H21FN2O6S/c1-13(24)23-9-8-14-11-15(4-6-18(14)23)22-30(27,28)16-5-7-19(17(21)12-16)29-10-2-3-20(25)26/h4-7,11-12,22H,2-3,8-10H2,1H3,(H,25,26). The monoisotopic (exact) mass is 436 g/mol. The van der Waals surface area contributed by atoms with Crippen LogP contribution in [0, 0.1) is 5.82 Å². The van der Waals surface area contributed by atoms with E-state index in [1.807, 2.05) is 0 Å². The first-order valence-electron chi connectivity index (χ1n) is 9.25. The molecule has 0 bridgehead atoms. The van der Waals surface area contributed by atoms with Crippen LogP contribution in [0.25, 0.3) is 0 Å². The lowest BCUT2D eigenvalue weighted by molar-refractivity contribution is -0.137. The number of anilines is 2. The molecule has 0 spiro atoms. The Kier molecular flexibility index (Phi) is 6.25. The van der Waals surface area contributed by atoms with Crippen LogP contribution in [0.3, 0.4) is 0 Å². The first-order valence-corrected chi connectivity index (χ1v) is 10.7. The molecule has 1 aliphatic rings. The maximum absolute atomic E-state index is 14.2. The summed E-state index contributed by atoms with van der Waals surface area (Å²) in [5, 5.41) is 8.58. The lowest BCUT2D eigenvalue weighted by Gasteiger charge is -2.15. The number of halogens is 1. The third kappa shape index (κ3) is 4.88. The molecule has 0 atom stereocenters. The van der Waals surface area contributed by atoms with Crippen molar-refractivity contribution < 1.29 is 32.2 Å². The SMILES string of the molecule is CC(=O)N1CCc2cc(NS(=O)(=O)c3ccc(OCCCC(=O)O)c(F)c3)ccc21. The van der Waals surface area contributed by atoms with Gasteiger partial charge in [-0.15, -0.1) is 0 Å². The number of carbonyl (C=O) groups is 2. The number of fused-ring (bicyclic) bond motifs is 1. The highest BCUT2D eigenvalue weighted by atomic mass is 32.2. The van der Waals surface area contributed by atoms with E-state index < -0.39 is 21.8 Å². The van der Waals surface area contributed by atoms with Gasteiger partial charge in [0.05, 0.1) is 11.5 Å². The van der Waals surface area contributed by atoms with E-state index in [0.717, 1.165) is 17.3 Å². The van der Waals surface area contributed by atoms with Crippen LogP contribution in [-0.2, 0) is 26.0 Å². The van der Waals surface area contributed by atoms with Gasteiger partial charge in [0.15, 0.2) is 11.6 Å². The molecule has 2 aromatic rings. The summed E-state index contributed by atoms with van der Waals surface area (Å²) in [7, 11) is -4.04. The van der Waals surface area contributed by atoms with E-state index in [4.69, 9.17) is 9.84 Å². The number of carboxylic acids is 1. The number of carbonyl (C=O) groups excluding carboxylic acids is 1. The minimum absolute atomic E-state index is 0.0000270. The average molecular weight is 436 g/mol. The Bertz CT molecular complexity index is 1090. The highest BCUT2D eigenvalue weighted by molar-refractivity contribution is 7.92. The fourth-order valence-electron chi connectivity index (χ4n) is 3.18. The number of rotatable bonds is 8. The number of benzene rings is 2. The fourth-order valence-corrected chi connectivity index (χ4v) is 4.24. The summed E-state index contributed by atoms with van der Waals surface area (Å²) in [6.07, 6.45) is 0.714. The summed E-state index contributed by atoms with van der Waals surface area (Å²) in [5.41, 5.74) is 1.91. The average Bonchev–Trinajstić information content (AvgIpc) is 3.09. The van der Waals surface area contributed by atoms with E-state index in [2.05, 4.69) is 4.72 Å². The molecule has 0 aromatic heterocycles. The molecule has 1 aliphatic heterocycles. The lowest BCUT2D eigenvalue weighted by atomic mass is 10.1. The van der Waals surface area contributed by atoms with Gasteiger partial charge in [-0.3, -0.25) is 14.3 Å². The van der Waals surface area contributed by atoms with Crippen molar-refractivity contribution in [2.75, 3.05) is 22.8 Å². The number of hydrogen-bond acceptors (Lipinski definition) is 5. The minimum Gasteiger partial charge on any atom is -0.491 e. The topological polar surface area (TPSA) is 113 Å². The van der Waals surface area contributed by atoms with Crippen molar-refractivity contribution in [3.63, 3.8) is 0 Å². The first kappa shape index (κ1) is 21.6. The Labute approximate surface area is 173 Å². The number of ether oxygens (including phenoxy) is 1. The van der Waals surface area contributed by atoms with Crippen molar-refractivity contribution in [3.05, 3.63) is 47.8 Å². The van der Waals surface area contributed by atoms with Crippen LogP contribution in [-0.4, -0.2) is 38.6 Å². The lowest BCUT2D eigenvalue weighted by Crippen LogP contribution is -2.25. The molecule has 0 fully saturated rings. The minimum atomic E-state index is -4.04. The molecule has 0 radical (unpaired) electrons. The van der Waals surface area contributed by atoms with Crippen LogP contribution in [0.5, 0.6) is 5.75 Å². The molecule has 8 nitrogen and oxygen atoms in total. The summed E-state index contributed by atoms with van der Waals surface area (Å²) in [6, 6.07) is 8.14. The van der Waals surface area contributed by atoms with Gasteiger partial charge in [-0.05, 0) is 54.8 Å². The fraction of sp³-hybridized carbons (Fsp3) is 0.300. The van der Waals surface area contributed by atoms with Gasteiger partial charge in [-0.2, -0.15) is 0 Å². The second kappa shape index (κ2) is 8.70. The largest absolute Gasteiger partial charge is 0.491 e. The van der Waals surface area contributed by atoms with Gasteiger partial charge in [0.25, 0.3) is 10.0 Å². The van der Waals surface area contributed by atoms with Crippen LogP contribution in [0.2, 0.25) is 0 Å². The van der Waals surface area contributed by atoms with Crippen molar-refractivity contribution >= 4 is 33.3 Å². The Morgan fingerprint density at radius 1 is 1.23 bits per heavy atom. The Morgan fingerprint density at radius 2 is 2.00 bits per heavy atom. The zero-order valence-corrected chi connectivity index (χ0v) is 17.0. The predicted molar refractivity (Wildman–Crippen MR) is 108 cm³/mol. The van der Waals surface area contributed by atoms with Gasteiger partial charge < -0.3 is 14.7 Å². The van der Waals surface area contributed by atoms with Crippen LogP contribution < -0.4 is 14.4 Å². The van der Waals surface area contributed by atoms with Gasteiger partial charge in [0, 0.05) is 31.3 Å². The van der Waals surface area contributed by atoms with Crippen LogP contribution in [0.15, 0.2) is 41.3 Å². The summed E-state index contributed by atoms with van der Waals surface area (Å²) in [5.74, 6) is -2.07. The molecule has 2 aromatic carbocycles. The quantitative estimate of drug-likeness (QED) is 0.616. The molecule has 0 unspecified atom stereocenters. The van der Waals surface area contributed by atoms with Gasteiger partial charge in [0.1, 0.15) is 0 Å². The van der Waals surface area contributed by atoms with Crippen molar-refractivity contribution in [2.45, 2.75) is 31.1 Å². The molecule has 3 rings (SSSR count). The van der Waals surface area contributed by atoms with Crippen molar-refractivity contribution in [3.8, 4) is 5.75 Å². The van der Waals surface area contributed by atoms with E-state index in [0.29, 0.717) is 18.7 Å². The molecule has 1 amide bonds. The smallest absolute Gasteiger partial charge is 0.303 e. The van der Waals surface area contributed by atoms with E-state index in [9.17, 15) is 22.4 Å². The maximum Gasteiger partial charge on any atom is 0.303 e. The van der Waals surface area contributed by atoms with Crippen molar-refractivity contribution in [2.24, 2.45) is 0 Å². The van der Waals surface area contributed by atoms with Gasteiger partial charge in [0.2, 0.25) is 5.91 Å². The first-order chi connectivity index (χ1) is 14.2. The van der Waals surface area contributed by atoms with E-state index in [1.165, 1.54) is 19.1 Å². The van der Waals surface area contributed by atoms with Crippen LogP contribution in [0.4, 0.5) is 15.8 Å². The molecule has 30 heavy (non-hydrogen) atoms. The van der Waals surface area contributed by atoms with E-state index >= 15 is 0 Å². The number of sulfonamides is 1. The number of carboxylic acid groups (broad SMARTS) is 1. The number of amides is 1. The second-order valence-electron chi connectivity index (χ2n) is 6.81. The molecule has 0 aliphatic carbocycles. The Hall–Kier alpha value is -3.14. The second-order valence-corrected chi connectivity index (χ2v) is 8.49. The Morgan fingerprint density at radius 3 is 2.67 bits per heavy atom. The van der Waals surface area contributed by atoms with Crippen LogP contribution in [0.1, 0.15) is 25.3 Å². The highest BCUT2D eigenvalue weighted by Crippen LogP contribution is 2.31. The molecular weight excluding hydrogens is 415 g/mol. The zero-order valence-electron chi connectivity index (χ0n) is 16.2. The van der Waals surface area contributed by atoms with Gasteiger partial charge >= 0.3 is 5.97 Å². The van der Waals surface area contributed by atoms with Crippen LogP contribution >= 0.6 is 0 Å². The molecule has 0 saturated carbocycles. The molecule has 10 heteroatoms. The number of aliphatic carboxylic acids is 1. The normalized spacial score (nSPS) is 13.1. The molecule has 160 valence electrons. The third-order valence-electron chi connectivity index (χ3n) is 4.61. The molecule has 2 N–H and O–H groups in total. The predicted octanol–water partition coefficient (Wildman–Crippen LogP) is 2.78. The number of hydrogen-bond donors (Lipinski definition) is 2. The van der Waals surface area contributed by atoms with Gasteiger partial charge in [-0.1, -0.05) is 0 Å². The third-order valence-corrected chi connectivity index (χ3v) is 5.99. The van der Waals surface area contributed by atoms with Crippen molar-refractivity contribution in [1.29, 1.82) is 0 Å². The molecule has 0 saturated heterocycles. The number of nitrogens with zero attached hydrogens (tertiary/aromatic N) is 1. The Balaban J connectivity index is 1.71. The summed E-state index contributed by atoms with van der Waals surface area (Å²) >= 11 is 0. The summed E-state index contributed by atoms with van der Waals surface area (Å²) < 4.78 is 47.1. The number of nitrogens with one attached hydrogen (secondary N) is 1. The summed E-state index contributed by atoms with van der Waals surface area (Å²) in [4.78, 5) is 23.4. The van der Waals surface area contributed by atoms with Gasteiger partial charge in [-0.25, -0.2) is 12.8 Å². The van der Waals surface area contributed by atoms with Crippen molar-refractivity contribution in [1.82, 2.24) is 0 Å². The highest BCUT2D eigenvalue weighted by Gasteiger charge is 2.23.